The second-order valence-electron chi connectivity index (χ2n) is 8.38. The smallest absolute Gasteiger partial charge is 0.226 e. The first-order valence-corrected chi connectivity index (χ1v) is 12.1. The molecule has 0 amide bonds. The van der Waals surface area contributed by atoms with Crippen molar-refractivity contribution in [1.29, 1.82) is 5.26 Å². The normalized spacial score (nSPS) is 11.9. The summed E-state index contributed by atoms with van der Waals surface area (Å²) in [4.78, 5) is 14.4. The lowest BCUT2D eigenvalue weighted by molar-refractivity contribution is 0.398. The molecule has 0 saturated carbocycles. The SMILES string of the molecule is COc1ccc(-n2c(=NC#N)n(C)c3cnc4ccc(-c5ccc(SC(C)C)cc5)cc4c32)cn1. The molecule has 0 radical (unpaired) electrons. The van der Waals surface area contributed by atoms with Crippen LogP contribution in [-0.4, -0.2) is 31.5 Å². The summed E-state index contributed by atoms with van der Waals surface area (Å²) in [6.45, 7) is 4.39. The van der Waals surface area contributed by atoms with Crippen LogP contribution in [0.15, 0.2) is 76.9 Å². The molecule has 0 saturated heterocycles. The molecule has 0 aliphatic heterocycles. The minimum atomic E-state index is 0.490. The van der Waals surface area contributed by atoms with E-state index in [0.717, 1.165) is 38.8 Å². The van der Waals surface area contributed by atoms with Crippen LogP contribution in [0.3, 0.4) is 0 Å². The summed E-state index contributed by atoms with van der Waals surface area (Å²) in [6, 6.07) is 18.6. The van der Waals surface area contributed by atoms with E-state index in [1.54, 1.807) is 19.4 Å². The van der Waals surface area contributed by atoms with Gasteiger partial charge in [0.05, 0.1) is 41.7 Å². The zero-order valence-electron chi connectivity index (χ0n) is 19.9. The first kappa shape index (κ1) is 22.7. The number of nitriles is 1. The van der Waals surface area contributed by atoms with Gasteiger partial charge in [-0.05, 0) is 41.5 Å². The Morgan fingerprint density at radius 2 is 1.77 bits per heavy atom. The van der Waals surface area contributed by atoms with Gasteiger partial charge in [0.25, 0.3) is 0 Å². The maximum absolute atomic E-state index is 9.41. The molecule has 2 aromatic carbocycles. The van der Waals surface area contributed by atoms with Crippen LogP contribution in [0.4, 0.5) is 0 Å². The van der Waals surface area contributed by atoms with E-state index in [4.69, 9.17) is 4.74 Å². The van der Waals surface area contributed by atoms with Gasteiger partial charge >= 0.3 is 0 Å². The van der Waals surface area contributed by atoms with Gasteiger partial charge in [-0.2, -0.15) is 5.26 Å². The number of thioether (sulfide) groups is 1. The van der Waals surface area contributed by atoms with Crippen molar-refractivity contribution >= 4 is 33.7 Å². The van der Waals surface area contributed by atoms with E-state index in [0.29, 0.717) is 16.7 Å². The summed E-state index contributed by atoms with van der Waals surface area (Å²) in [5, 5.41) is 10.9. The van der Waals surface area contributed by atoms with Crippen LogP contribution in [-0.2, 0) is 7.05 Å². The van der Waals surface area contributed by atoms with Crippen LogP contribution >= 0.6 is 11.8 Å². The van der Waals surface area contributed by atoms with E-state index in [9.17, 15) is 5.26 Å². The Morgan fingerprint density at radius 3 is 2.43 bits per heavy atom. The Kier molecular flexibility index (Phi) is 6.01. The maximum atomic E-state index is 9.41. The van der Waals surface area contributed by atoms with Crippen molar-refractivity contribution in [2.75, 3.05) is 7.11 Å². The van der Waals surface area contributed by atoms with Crippen LogP contribution in [0.5, 0.6) is 5.88 Å². The number of pyridine rings is 2. The average Bonchev–Trinajstić information content (AvgIpc) is 3.16. The van der Waals surface area contributed by atoms with Crippen LogP contribution < -0.4 is 10.4 Å². The summed E-state index contributed by atoms with van der Waals surface area (Å²) in [6.07, 6.45) is 5.47. The number of methoxy groups -OCH3 is 1. The van der Waals surface area contributed by atoms with Crippen LogP contribution in [0.25, 0.3) is 38.8 Å². The highest BCUT2D eigenvalue weighted by molar-refractivity contribution is 7.99. The molecule has 0 fully saturated rings. The first-order valence-electron chi connectivity index (χ1n) is 11.2. The number of ether oxygens (including phenoxy) is 1. The molecule has 0 unspecified atom stereocenters. The minimum absolute atomic E-state index is 0.490. The molecule has 0 atom stereocenters. The molecule has 5 aromatic rings. The molecule has 5 rings (SSSR count). The van der Waals surface area contributed by atoms with Crippen molar-refractivity contribution in [3.05, 3.63) is 72.6 Å². The van der Waals surface area contributed by atoms with E-state index in [1.807, 2.05) is 52.5 Å². The molecule has 0 aliphatic carbocycles. The highest BCUT2D eigenvalue weighted by Gasteiger charge is 2.16. The molecule has 3 aromatic heterocycles. The van der Waals surface area contributed by atoms with Gasteiger partial charge in [-0.25, -0.2) is 4.98 Å². The molecule has 8 heteroatoms. The molecule has 3 heterocycles. The highest BCUT2D eigenvalue weighted by atomic mass is 32.2. The van der Waals surface area contributed by atoms with E-state index in [2.05, 4.69) is 65.2 Å². The molecule has 7 nitrogen and oxygen atoms in total. The lowest BCUT2D eigenvalue weighted by Crippen LogP contribution is -2.22. The van der Waals surface area contributed by atoms with Crippen LogP contribution in [0.2, 0.25) is 0 Å². The number of aromatic nitrogens is 4. The van der Waals surface area contributed by atoms with Gasteiger partial charge in [0.15, 0.2) is 0 Å². The molecule has 0 N–H and O–H groups in total. The van der Waals surface area contributed by atoms with Crippen molar-refractivity contribution in [2.45, 2.75) is 24.0 Å². The van der Waals surface area contributed by atoms with E-state index in [-0.39, 0.29) is 0 Å². The number of rotatable bonds is 5. The number of aryl methyl sites for hydroxylation is 1. The topological polar surface area (TPSA) is 81.0 Å². The Bertz CT molecular complexity index is 1640. The molecule has 35 heavy (non-hydrogen) atoms. The lowest BCUT2D eigenvalue weighted by Gasteiger charge is -2.10. The van der Waals surface area contributed by atoms with Gasteiger partial charge in [0.1, 0.15) is 0 Å². The Hall–Kier alpha value is -4.09. The Balaban J connectivity index is 1.77. The zero-order valence-corrected chi connectivity index (χ0v) is 20.7. The predicted molar refractivity (Wildman–Crippen MR) is 139 cm³/mol. The minimum Gasteiger partial charge on any atom is -0.481 e. The molecule has 174 valence electrons. The third kappa shape index (κ3) is 4.15. The van der Waals surface area contributed by atoms with Gasteiger partial charge in [0.2, 0.25) is 17.7 Å². The van der Waals surface area contributed by atoms with Gasteiger partial charge < -0.3 is 9.30 Å². The van der Waals surface area contributed by atoms with E-state index >= 15 is 0 Å². The Labute approximate surface area is 207 Å². The summed E-state index contributed by atoms with van der Waals surface area (Å²) < 4.78 is 9.05. The summed E-state index contributed by atoms with van der Waals surface area (Å²) in [5.74, 6) is 0.515. The third-order valence-electron chi connectivity index (χ3n) is 5.80. The third-order valence-corrected chi connectivity index (χ3v) is 6.82. The van der Waals surface area contributed by atoms with Crippen molar-refractivity contribution in [3.63, 3.8) is 0 Å². The van der Waals surface area contributed by atoms with Gasteiger partial charge in [-0.3, -0.25) is 9.55 Å². The van der Waals surface area contributed by atoms with Crippen molar-refractivity contribution < 1.29 is 4.74 Å². The molecular weight excluding hydrogens is 456 g/mol. The first-order chi connectivity index (χ1) is 17.0. The molecule has 0 spiro atoms. The number of fused-ring (bicyclic) bond motifs is 3. The monoisotopic (exact) mass is 480 g/mol. The fourth-order valence-corrected chi connectivity index (χ4v) is 5.06. The van der Waals surface area contributed by atoms with Crippen molar-refractivity contribution in [2.24, 2.45) is 12.0 Å². The second kappa shape index (κ2) is 9.28. The summed E-state index contributed by atoms with van der Waals surface area (Å²) in [5.41, 5.74) is 6.12. The molecular formula is C27H24N6OS. The van der Waals surface area contributed by atoms with Crippen LogP contribution in [0.1, 0.15) is 13.8 Å². The van der Waals surface area contributed by atoms with Gasteiger partial charge in [0, 0.05) is 28.6 Å². The maximum Gasteiger partial charge on any atom is 0.226 e. The molecule has 0 bridgehead atoms. The number of hydrogen-bond acceptors (Lipinski definition) is 6. The summed E-state index contributed by atoms with van der Waals surface area (Å²) in [7, 11) is 3.46. The fraction of sp³-hybridized carbons (Fsp3) is 0.185. The van der Waals surface area contributed by atoms with Gasteiger partial charge in [-0.1, -0.05) is 32.0 Å². The fourth-order valence-electron chi connectivity index (χ4n) is 4.22. The number of hydrogen-bond donors (Lipinski definition) is 0. The quantitative estimate of drug-likeness (QED) is 0.246. The van der Waals surface area contributed by atoms with Gasteiger partial charge in [-0.15, -0.1) is 16.8 Å². The predicted octanol–water partition coefficient (Wildman–Crippen LogP) is 5.47. The number of nitrogens with zero attached hydrogens (tertiary/aromatic N) is 6. The lowest BCUT2D eigenvalue weighted by atomic mass is 10.0. The second-order valence-corrected chi connectivity index (χ2v) is 10.0. The number of benzene rings is 2. The largest absolute Gasteiger partial charge is 0.481 e. The summed E-state index contributed by atoms with van der Waals surface area (Å²) >= 11 is 1.85. The van der Waals surface area contributed by atoms with E-state index < -0.39 is 0 Å². The van der Waals surface area contributed by atoms with Crippen molar-refractivity contribution in [1.82, 2.24) is 19.1 Å². The highest BCUT2D eigenvalue weighted by Crippen LogP contribution is 2.31. The zero-order chi connectivity index (χ0) is 24.5. The standard InChI is InChI=1S/C27H24N6OS/c1-17(2)35-21-9-5-18(6-10-21)19-7-11-23-22(13-19)26-24(15-29-23)32(3)27(31-16-28)33(26)20-8-12-25(34-4)30-14-20/h5-15,17H,1-4H3. The van der Waals surface area contributed by atoms with Crippen molar-refractivity contribution in [3.8, 4) is 28.9 Å². The van der Waals surface area contributed by atoms with E-state index in [1.165, 1.54) is 4.90 Å². The number of imidazole rings is 1. The average molecular weight is 481 g/mol. The van der Waals surface area contributed by atoms with Crippen LogP contribution in [0, 0.1) is 11.5 Å². The molecule has 0 aliphatic rings. The Morgan fingerprint density at radius 1 is 1.00 bits per heavy atom.